The fourth-order valence-electron chi connectivity index (χ4n) is 1.56. The van der Waals surface area contributed by atoms with Gasteiger partial charge in [-0.1, -0.05) is 12.1 Å². The smallest absolute Gasteiger partial charge is 0.251 e. The minimum atomic E-state index is -0.0803. The Bertz CT molecular complexity index is 493. The van der Waals surface area contributed by atoms with Crippen LogP contribution in [0.15, 0.2) is 42.7 Å². The molecule has 0 aliphatic heterocycles. The maximum Gasteiger partial charge on any atom is 0.251 e. The number of hydrogen-bond donors (Lipinski definition) is 1. The fraction of sp³-hybridized carbons (Fsp3) is 0.231. The van der Waals surface area contributed by atoms with Crippen molar-refractivity contribution in [3.63, 3.8) is 0 Å². The van der Waals surface area contributed by atoms with Gasteiger partial charge in [-0.2, -0.15) is 5.10 Å². The van der Waals surface area contributed by atoms with E-state index in [1.165, 1.54) is 0 Å². The van der Waals surface area contributed by atoms with Gasteiger partial charge >= 0.3 is 0 Å². The van der Waals surface area contributed by atoms with Gasteiger partial charge in [-0.15, -0.1) is 11.6 Å². The predicted molar refractivity (Wildman–Crippen MR) is 70.6 cm³/mol. The largest absolute Gasteiger partial charge is 0.350 e. The number of halogens is 1. The summed E-state index contributed by atoms with van der Waals surface area (Å²) in [5, 5.41) is 6.90. The lowest BCUT2D eigenvalue weighted by atomic mass is 10.1. The number of carbonyl (C=O) groups excluding carboxylic acids is 1. The van der Waals surface area contributed by atoms with E-state index in [4.69, 9.17) is 11.6 Å². The third-order valence-electron chi connectivity index (χ3n) is 2.56. The molecule has 5 heteroatoms. The molecule has 4 nitrogen and oxygen atoms in total. The van der Waals surface area contributed by atoms with Crippen molar-refractivity contribution in [3.8, 4) is 0 Å². The molecule has 0 saturated carbocycles. The molecule has 0 radical (unpaired) electrons. The molecule has 1 amide bonds. The molecule has 1 heterocycles. The van der Waals surface area contributed by atoms with Gasteiger partial charge in [-0.25, -0.2) is 0 Å². The summed E-state index contributed by atoms with van der Waals surface area (Å²) in [4.78, 5) is 11.8. The number of nitrogens with one attached hydrogen (secondary N) is 1. The van der Waals surface area contributed by atoms with Gasteiger partial charge in [0.25, 0.3) is 5.91 Å². The molecule has 1 N–H and O–H groups in total. The minimum absolute atomic E-state index is 0.0803. The Morgan fingerprint density at radius 2 is 2.11 bits per heavy atom. The van der Waals surface area contributed by atoms with Gasteiger partial charge < -0.3 is 5.32 Å². The van der Waals surface area contributed by atoms with Gasteiger partial charge in [0.1, 0.15) is 0 Å². The van der Waals surface area contributed by atoms with Crippen LogP contribution in [0.4, 0.5) is 0 Å². The van der Waals surface area contributed by atoms with E-state index >= 15 is 0 Å². The Morgan fingerprint density at radius 1 is 1.33 bits per heavy atom. The standard InChI is InChI=1S/C13H14ClN3O/c14-10-11-2-4-12(5-3-11)13(18)15-7-9-17-8-1-6-16-17/h1-6,8H,7,9-10H2,(H,15,18). The number of benzene rings is 1. The molecule has 94 valence electrons. The van der Waals surface area contributed by atoms with E-state index in [1.807, 2.05) is 24.4 Å². The SMILES string of the molecule is O=C(NCCn1cccn1)c1ccc(CCl)cc1. The highest BCUT2D eigenvalue weighted by Gasteiger charge is 2.04. The van der Waals surface area contributed by atoms with Crippen molar-refractivity contribution in [1.82, 2.24) is 15.1 Å². The number of carbonyl (C=O) groups is 1. The van der Waals surface area contributed by atoms with Crippen molar-refractivity contribution >= 4 is 17.5 Å². The van der Waals surface area contributed by atoms with Gasteiger partial charge in [0.05, 0.1) is 6.54 Å². The second kappa shape index (κ2) is 6.21. The summed E-state index contributed by atoms with van der Waals surface area (Å²) >= 11 is 5.69. The van der Waals surface area contributed by atoms with Crippen LogP contribution in [-0.2, 0) is 12.4 Å². The van der Waals surface area contributed by atoms with Gasteiger partial charge in [-0.05, 0) is 23.8 Å². The Labute approximate surface area is 111 Å². The molecular formula is C13H14ClN3O. The zero-order valence-corrected chi connectivity index (χ0v) is 10.6. The highest BCUT2D eigenvalue weighted by molar-refractivity contribution is 6.17. The van der Waals surface area contributed by atoms with E-state index in [-0.39, 0.29) is 5.91 Å². The lowest BCUT2D eigenvalue weighted by Crippen LogP contribution is -2.27. The number of rotatable bonds is 5. The fourth-order valence-corrected chi connectivity index (χ4v) is 1.74. The normalized spacial score (nSPS) is 10.3. The lowest BCUT2D eigenvalue weighted by molar-refractivity contribution is 0.0952. The van der Waals surface area contributed by atoms with Crippen LogP contribution in [-0.4, -0.2) is 22.2 Å². The highest BCUT2D eigenvalue weighted by atomic mass is 35.5. The van der Waals surface area contributed by atoms with Crippen molar-refractivity contribution in [1.29, 1.82) is 0 Å². The summed E-state index contributed by atoms with van der Waals surface area (Å²) in [6.07, 6.45) is 3.58. The van der Waals surface area contributed by atoms with Crippen LogP contribution in [0.2, 0.25) is 0 Å². The summed E-state index contributed by atoms with van der Waals surface area (Å²) in [5.74, 6) is 0.379. The monoisotopic (exact) mass is 263 g/mol. The van der Waals surface area contributed by atoms with E-state index in [1.54, 1.807) is 23.0 Å². The molecule has 2 aromatic rings. The molecule has 0 fully saturated rings. The molecule has 1 aromatic carbocycles. The van der Waals surface area contributed by atoms with Crippen LogP contribution in [0, 0.1) is 0 Å². The highest BCUT2D eigenvalue weighted by Crippen LogP contribution is 2.06. The molecule has 0 bridgehead atoms. The molecule has 0 atom stereocenters. The molecule has 1 aromatic heterocycles. The van der Waals surface area contributed by atoms with Crippen LogP contribution in [0.25, 0.3) is 0 Å². The molecule has 0 aliphatic rings. The summed E-state index contributed by atoms with van der Waals surface area (Å²) in [6.45, 7) is 1.22. The lowest BCUT2D eigenvalue weighted by Gasteiger charge is -2.06. The van der Waals surface area contributed by atoms with E-state index in [9.17, 15) is 4.79 Å². The van der Waals surface area contributed by atoms with Crippen LogP contribution in [0.3, 0.4) is 0 Å². The average Bonchev–Trinajstić information content (AvgIpc) is 2.92. The predicted octanol–water partition coefficient (Wildman–Crippen LogP) is 2.05. The zero-order chi connectivity index (χ0) is 12.8. The summed E-state index contributed by atoms with van der Waals surface area (Å²) < 4.78 is 1.77. The molecule has 0 spiro atoms. The maximum atomic E-state index is 11.8. The number of hydrogen-bond acceptors (Lipinski definition) is 2. The second-order valence-electron chi connectivity index (χ2n) is 3.86. The number of aromatic nitrogens is 2. The Kier molecular flexibility index (Phi) is 4.36. The first kappa shape index (κ1) is 12.6. The van der Waals surface area contributed by atoms with Crippen LogP contribution in [0.1, 0.15) is 15.9 Å². The minimum Gasteiger partial charge on any atom is -0.350 e. The maximum absolute atomic E-state index is 11.8. The molecule has 18 heavy (non-hydrogen) atoms. The average molecular weight is 264 g/mol. The van der Waals surface area contributed by atoms with Crippen molar-refractivity contribution < 1.29 is 4.79 Å². The number of nitrogens with zero attached hydrogens (tertiary/aromatic N) is 2. The Morgan fingerprint density at radius 3 is 2.72 bits per heavy atom. The van der Waals surface area contributed by atoms with Gasteiger partial charge in [-0.3, -0.25) is 9.48 Å². The van der Waals surface area contributed by atoms with Crippen LogP contribution in [0.5, 0.6) is 0 Å². The zero-order valence-electron chi connectivity index (χ0n) is 9.84. The number of amides is 1. The van der Waals surface area contributed by atoms with Crippen molar-refractivity contribution in [2.75, 3.05) is 6.54 Å². The Hall–Kier alpha value is -1.81. The molecule has 2 rings (SSSR count). The summed E-state index contributed by atoms with van der Waals surface area (Å²) in [6, 6.07) is 9.12. The third kappa shape index (κ3) is 3.34. The topological polar surface area (TPSA) is 46.9 Å². The molecule has 0 unspecified atom stereocenters. The van der Waals surface area contributed by atoms with Gasteiger partial charge in [0, 0.05) is 30.4 Å². The van der Waals surface area contributed by atoms with Crippen molar-refractivity contribution in [2.45, 2.75) is 12.4 Å². The quantitative estimate of drug-likeness (QED) is 0.840. The third-order valence-corrected chi connectivity index (χ3v) is 2.86. The van der Waals surface area contributed by atoms with E-state index in [2.05, 4.69) is 10.4 Å². The summed E-state index contributed by atoms with van der Waals surface area (Å²) in [7, 11) is 0. The number of alkyl halides is 1. The first-order chi connectivity index (χ1) is 8.79. The van der Waals surface area contributed by atoms with Gasteiger partial charge in [0.2, 0.25) is 0 Å². The van der Waals surface area contributed by atoms with Crippen LogP contribution >= 0.6 is 11.6 Å². The second-order valence-corrected chi connectivity index (χ2v) is 4.12. The summed E-state index contributed by atoms with van der Waals surface area (Å²) in [5.41, 5.74) is 1.65. The van der Waals surface area contributed by atoms with E-state index in [0.29, 0.717) is 24.5 Å². The Balaban J connectivity index is 1.83. The van der Waals surface area contributed by atoms with Crippen LogP contribution < -0.4 is 5.32 Å². The van der Waals surface area contributed by atoms with Crippen molar-refractivity contribution in [2.24, 2.45) is 0 Å². The first-order valence-electron chi connectivity index (χ1n) is 5.70. The first-order valence-corrected chi connectivity index (χ1v) is 6.23. The van der Waals surface area contributed by atoms with E-state index in [0.717, 1.165) is 5.56 Å². The van der Waals surface area contributed by atoms with E-state index < -0.39 is 0 Å². The van der Waals surface area contributed by atoms with Crippen molar-refractivity contribution in [3.05, 3.63) is 53.9 Å². The molecule has 0 aliphatic carbocycles. The molecule has 0 saturated heterocycles. The molecular weight excluding hydrogens is 250 g/mol. The van der Waals surface area contributed by atoms with Gasteiger partial charge in [0.15, 0.2) is 0 Å².